The van der Waals surface area contributed by atoms with Crippen LogP contribution < -0.4 is 15.5 Å². The van der Waals surface area contributed by atoms with Gasteiger partial charge in [0.1, 0.15) is 6.04 Å². The molecule has 0 radical (unpaired) electrons. The lowest BCUT2D eigenvalue weighted by Gasteiger charge is -2.29. The van der Waals surface area contributed by atoms with Crippen molar-refractivity contribution in [2.75, 3.05) is 29.6 Å². The molecule has 2 heterocycles. The molecular weight excluding hydrogens is 495 g/mol. The largest absolute Gasteiger partial charge is 0.378 e. The van der Waals surface area contributed by atoms with Crippen LogP contribution in [0, 0.1) is 0 Å². The third-order valence-corrected chi connectivity index (χ3v) is 6.77. The number of para-hydroxylation sites is 1. The van der Waals surface area contributed by atoms with Crippen LogP contribution in [0.4, 0.5) is 17.3 Å². The standard InChI is InChI=1S/C27H24Cl2N6O/c1-16-23(26(36)31-19-7-5-4-6-8-19)24(18-11-14-21(28)22(29)15-18)35-27(30-16)32-25(33-35)17-9-12-20(13-10-17)34(2)3/h4-15,24H,1-3H3,(H,31,36)(H,30,32,33). The lowest BCUT2D eigenvalue weighted by atomic mass is 9.95. The van der Waals surface area contributed by atoms with Crippen molar-refractivity contribution in [3.8, 4) is 11.4 Å². The molecule has 0 spiro atoms. The first kappa shape index (κ1) is 23.9. The van der Waals surface area contributed by atoms with Gasteiger partial charge in [-0.15, -0.1) is 5.10 Å². The molecule has 0 saturated carbocycles. The summed E-state index contributed by atoms with van der Waals surface area (Å²) in [6.07, 6.45) is 0. The van der Waals surface area contributed by atoms with Crippen LogP contribution >= 0.6 is 23.2 Å². The van der Waals surface area contributed by atoms with E-state index in [1.54, 1.807) is 16.8 Å². The summed E-state index contributed by atoms with van der Waals surface area (Å²) in [5.41, 5.74) is 4.58. The van der Waals surface area contributed by atoms with Gasteiger partial charge in [-0.2, -0.15) is 4.98 Å². The first-order valence-corrected chi connectivity index (χ1v) is 12.1. The van der Waals surface area contributed by atoms with E-state index in [1.165, 1.54) is 0 Å². The molecule has 1 amide bonds. The van der Waals surface area contributed by atoms with Gasteiger partial charge in [-0.1, -0.05) is 47.5 Å². The molecule has 2 N–H and O–H groups in total. The van der Waals surface area contributed by atoms with Crippen molar-refractivity contribution in [2.24, 2.45) is 0 Å². The Bertz CT molecular complexity index is 1460. The highest BCUT2D eigenvalue weighted by molar-refractivity contribution is 6.42. The summed E-state index contributed by atoms with van der Waals surface area (Å²) in [5, 5.41) is 11.9. The molecule has 0 saturated heterocycles. The molecule has 5 rings (SSSR count). The molecule has 1 atom stereocenters. The second-order valence-corrected chi connectivity index (χ2v) is 9.52. The number of carbonyl (C=O) groups is 1. The van der Waals surface area contributed by atoms with Crippen LogP contribution in [0.5, 0.6) is 0 Å². The number of amides is 1. The van der Waals surface area contributed by atoms with Crippen molar-refractivity contribution in [3.63, 3.8) is 0 Å². The maximum Gasteiger partial charge on any atom is 0.255 e. The fourth-order valence-electron chi connectivity index (χ4n) is 4.19. The molecule has 9 heteroatoms. The normalized spacial score (nSPS) is 14.8. The number of halogens is 2. The van der Waals surface area contributed by atoms with E-state index in [0.717, 1.165) is 16.8 Å². The van der Waals surface area contributed by atoms with Gasteiger partial charge in [0.2, 0.25) is 5.95 Å². The van der Waals surface area contributed by atoms with E-state index in [4.69, 9.17) is 33.3 Å². The van der Waals surface area contributed by atoms with Gasteiger partial charge in [0, 0.05) is 36.7 Å². The number of nitrogens with zero attached hydrogens (tertiary/aromatic N) is 4. The van der Waals surface area contributed by atoms with E-state index >= 15 is 0 Å². The van der Waals surface area contributed by atoms with Gasteiger partial charge >= 0.3 is 0 Å². The predicted octanol–water partition coefficient (Wildman–Crippen LogP) is 6.25. The van der Waals surface area contributed by atoms with Gasteiger partial charge in [-0.3, -0.25) is 4.79 Å². The molecule has 1 unspecified atom stereocenters. The van der Waals surface area contributed by atoms with Crippen LogP contribution in [0.15, 0.2) is 84.1 Å². The number of benzene rings is 3. The Morgan fingerprint density at radius 1 is 1.00 bits per heavy atom. The quantitative estimate of drug-likeness (QED) is 0.326. The monoisotopic (exact) mass is 518 g/mol. The topological polar surface area (TPSA) is 75.1 Å². The first-order valence-electron chi connectivity index (χ1n) is 11.4. The first-order chi connectivity index (χ1) is 17.3. The number of anilines is 3. The third-order valence-electron chi connectivity index (χ3n) is 6.03. The van der Waals surface area contributed by atoms with Crippen molar-refractivity contribution in [1.82, 2.24) is 14.8 Å². The second kappa shape index (κ2) is 9.68. The number of rotatable bonds is 5. The molecule has 0 fully saturated rings. The van der Waals surface area contributed by atoms with Crippen LogP contribution in [0.25, 0.3) is 11.4 Å². The van der Waals surface area contributed by atoms with E-state index in [0.29, 0.717) is 38.8 Å². The Morgan fingerprint density at radius 2 is 1.72 bits per heavy atom. The molecule has 0 bridgehead atoms. The zero-order chi connectivity index (χ0) is 25.4. The molecule has 0 aliphatic carbocycles. The van der Waals surface area contributed by atoms with E-state index in [-0.39, 0.29) is 5.91 Å². The Kier molecular flexibility index (Phi) is 6.43. The van der Waals surface area contributed by atoms with Gasteiger partial charge in [0.05, 0.1) is 15.6 Å². The predicted molar refractivity (Wildman–Crippen MR) is 146 cm³/mol. The number of allylic oxidation sites excluding steroid dienone is 1. The van der Waals surface area contributed by atoms with E-state index in [1.807, 2.05) is 86.6 Å². The molecule has 7 nitrogen and oxygen atoms in total. The summed E-state index contributed by atoms with van der Waals surface area (Å²) in [5.74, 6) is 0.831. The number of carbonyl (C=O) groups excluding carboxylic acids is 1. The summed E-state index contributed by atoms with van der Waals surface area (Å²) in [6, 6.07) is 22.1. The molecule has 1 aliphatic heterocycles. The van der Waals surface area contributed by atoms with Crippen molar-refractivity contribution < 1.29 is 4.79 Å². The number of hydrogen-bond acceptors (Lipinski definition) is 5. The minimum atomic E-state index is -0.568. The zero-order valence-corrected chi connectivity index (χ0v) is 21.5. The van der Waals surface area contributed by atoms with E-state index < -0.39 is 6.04 Å². The molecule has 1 aliphatic rings. The molecule has 36 heavy (non-hydrogen) atoms. The Morgan fingerprint density at radius 3 is 2.39 bits per heavy atom. The third kappa shape index (κ3) is 4.55. The van der Waals surface area contributed by atoms with Crippen LogP contribution in [0.3, 0.4) is 0 Å². The zero-order valence-electron chi connectivity index (χ0n) is 20.0. The van der Waals surface area contributed by atoms with Crippen molar-refractivity contribution >= 4 is 46.4 Å². The second-order valence-electron chi connectivity index (χ2n) is 8.70. The fraction of sp³-hybridized carbons (Fsp3) is 0.148. The van der Waals surface area contributed by atoms with Crippen molar-refractivity contribution in [2.45, 2.75) is 13.0 Å². The molecular formula is C27H24Cl2N6O. The highest BCUT2D eigenvalue weighted by atomic mass is 35.5. The van der Waals surface area contributed by atoms with Crippen LogP contribution in [0.2, 0.25) is 10.0 Å². The molecule has 4 aromatic rings. The fourth-order valence-corrected chi connectivity index (χ4v) is 4.49. The summed E-state index contributed by atoms with van der Waals surface area (Å²) in [4.78, 5) is 20.3. The lowest BCUT2D eigenvalue weighted by molar-refractivity contribution is -0.113. The summed E-state index contributed by atoms with van der Waals surface area (Å²) < 4.78 is 1.72. The Balaban J connectivity index is 1.59. The average Bonchev–Trinajstić information content (AvgIpc) is 3.29. The summed E-state index contributed by atoms with van der Waals surface area (Å²) in [6.45, 7) is 1.86. The number of nitrogens with one attached hydrogen (secondary N) is 2. The number of fused-ring (bicyclic) bond motifs is 1. The highest BCUT2D eigenvalue weighted by Crippen LogP contribution is 2.38. The summed E-state index contributed by atoms with van der Waals surface area (Å²) >= 11 is 12.6. The van der Waals surface area contributed by atoms with Crippen molar-refractivity contribution in [3.05, 3.63) is 99.7 Å². The highest BCUT2D eigenvalue weighted by Gasteiger charge is 2.34. The van der Waals surface area contributed by atoms with Gasteiger partial charge < -0.3 is 15.5 Å². The molecule has 182 valence electrons. The van der Waals surface area contributed by atoms with Crippen LogP contribution in [-0.4, -0.2) is 34.8 Å². The summed E-state index contributed by atoms with van der Waals surface area (Å²) in [7, 11) is 3.98. The molecule has 3 aromatic carbocycles. The van der Waals surface area contributed by atoms with E-state index in [9.17, 15) is 4.79 Å². The van der Waals surface area contributed by atoms with E-state index in [2.05, 4.69) is 10.6 Å². The average molecular weight is 519 g/mol. The maximum absolute atomic E-state index is 13.6. The maximum atomic E-state index is 13.6. The van der Waals surface area contributed by atoms with Gasteiger partial charge in [0.25, 0.3) is 5.91 Å². The van der Waals surface area contributed by atoms with Gasteiger partial charge in [-0.25, -0.2) is 4.68 Å². The smallest absolute Gasteiger partial charge is 0.255 e. The minimum Gasteiger partial charge on any atom is -0.378 e. The van der Waals surface area contributed by atoms with Crippen LogP contribution in [-0.2, 0) is 4.79 Å². The Labute approximate surface area is 219 Å². The van der Waals surface area contributed by atoms with Crippen LogP contribution in [0.1, 0.15) is 18.5 Å². The number of aromatic nitrogens is 3. The van der Waals surface area contributed by atoms with Crippen molar-refractivity contribution in [1.29, 1.82) is 0 Å². The number of hydrogen-bond donors (Lipinski definition) is 2. The SMILES string of the molecule is CC1=C(C(=O)Nc2ccccc2)C(c2ccc(Cl)c(Cl)c2)n2nc(-c3ccc(N(C)C)cc3)nc2N1. The lowest BCUT2D eigenvalue weighted by Crippen LogP contribution is -2.31. The minimum absolute atomic E-state index is 0.250. The Hall–Kier alpha value is -3.81. The van der Waals surface area contributed by atoms with Gasteiger partial charge in [-0.05, 0) is 61.0 Å². The molecule has 1 aromatic heterocycles. The van der Waals surface area contributed by atoms with Gasteiger partial charge in [0.15, 0.2) is 5.82 Å².